The molecule has 0 saturated heterocycles. The average Bonchev–Trinajstić information content (AvgIpc) is 2.55. The van der Waals surface area contributed by atoms with Crippen molar-refractivity contribution >= 4 is 21.1 Å². The molecule has 1 heterocycles. The van der Waals surface area contributed by atoms with E-state index in [9.17, 15) is 8.42 Å². The molecule has 0 atom stereocenters. The van der Waals surface area contributed by atoms with Crippen molar-refractivity contribution < 1.29 is 8.42 Å². The second-order valence-electron chi connectivity index (χ2n) is 3.99. The van der Waals surface area contributed by atoms with Gasteiger partial charge in [0.1, 0.15) is 5.82 Å². The fraction of sp³-hybridized carbons (Fsp3) is 0.364. The van der Waals surface area contributed by atoms with Crippen molar-refractivity contribution in [1.82, 2.24) is 14.3 Å². The summed E-state index contributed by atoms with van der Waals surface area (Å²) in [4.78, 5) is 4.46. The molecule has 0 aliphatic carbocycles. The van der Waals surface area contributed by atoms with Crippen LogP contribution in [0.25, 0.3) is 11.0 Å². The van der Waals surface area contributed by atoms with Gasteiger partial charge in [-0.3, -0.25) is 0 Å². The van der Waals surface area contributed by atoms with E-state index in [0.29, 0.717) is 13.0 Å². The monoisotopic (exact) mass is 253 g/mol. The number of nitrogens with one attached hydrogen (secondary N) is 1. The molecule has 0 unspecified atom stereocenters. The Labute approximate surface area is 101 Å². The predicted octanol–water partition coefficient (Wildman–Crippen LogP) is 0.665. The molecule has 2 aromatic rings. The molecule has 1 N–H and O–H groups in total. The molecule has 0 aliphatic heterocycles. The molecular formula is C11H15N3O2S. The quantitative estimate of drug-likeness (QED) is 0.871. The van der Waals surface area contributed by atoms with Crippen molar-refractivity contribution in [3.8, 4) is 0 Å². The summed E-state index contributed by atoms with van der Waals surface area (Å²) in [6.45, 7) is 0.371. The maximum absolute atomic E-state index is 10.9. The van der Waals surface area contributed by atoms with Gasteiger partial charge in [0.05, 0.1) is 17.3 Å². The van der Waals surface area contributed by atoms with Gasteiger partial charge in [-0.05, 0) is 12.1 Å². The second-order valence-corrected chi connectivity index (χ2v) is 5.83. The highest BCUT2D eigenvalue weighted by atomic mass is 32.2. The topological polar surface area (TPSA) is 64.0 Å². The van der Waals surface area contributed by atoms with E-state index in [2.05, 4.69) is 9.71 Å². The Morgan fingerprint density at radius 1 is 1.35 bits per heavy atom. The minimum absolute atomic E-state index is 0.371. The molecular weight excluding hydrogens is 238 g/mol. The SMILES string of the molecule is Cn1c(CCNS(C)(=O)=O)nc2ccccc21. The minimum Gasteiger partial charge on any atom is -0.331 e. The van der Waals surface area contributed by atoms with E-state index in [-0.39, 0.29) is 0 Å². The third-order valence-electron chi connectivity index (χ3n) is 2.59. The number of aromatic nitrogens is 2. The van der Waals surface area contributed by atoms with Crippen LogP contribution in [0.5, 0.6) is 0 Å². The van der Waals surface area contributed by atoms with Gasteiger partial charge in [0.2, 0.25) is 10.0 Å². The Hall–Kier alpha value is -1.40. The summed E-state index contributed by atoms with van der Waals surface area (Å²) in [5, 5.41) is 0. The number of rotatable bonds is 4. The summed E-state index contributed by atoms with van der Waals surface area (Å²) in [7, 11) is -1.19. The normalized spacial score (nSPS) is 12.1. The van der Waals surface area contributed by atoms with E-state index >= 15 is 0 Å². The largest absolute Gasteiger partial charge is 0.331 e. The first-order chi connectivity index (χ1) is 7.97. The van der Waals surface area contributed by atoms with Crippen LogP contribution in [0, 0.1) is 0 Å². The zero-order chi connectivity index (χ0) is 12.5. The molecule has 17 heavy (non-hydrogen) atoms. The summed E-state index contributed by atoms with van der Waals surface area (Å²) >= 11 is 0. The van der Waals surface area contributed by atoms with Crippen LogP contribution in [0.2, 0.25) is 0 Å². The molecule has 2 rings (SSSR count). The molecule has 6 heteroatoms. The second kappa shape index (κ2) is 4.46. The Bertz CT molecular complexity index is 631. The van der Waals surface area contributed by atoms with Crippen molar-refractivity contribution in [2.45, 2.75) is 6.42 Å². The minimum atomic E-state index is -3.12. The van der Waals surface area contributed by atoms with Crippen LogP contribution in [0.15, 0.2) is 24.3 Å². The lowest BCUT2D eigenvalue weighted by molar-refractivity contribution is 0.586. The fourth-order valence-corrected chi connectivity index (χ4v) is 2.24. The van der Waals surface area contributed by atoms with Gasteiger partial charge in [-0.25, -0.2) is 18.1 Å². The zero-order valence-corrected chi connectivity index (χ0v) is 10.7. The molecule has 5 nitrogen and oxygen atoms in total. The van der Waals surface area contributed by atoms with Crippen LogP contribution in [0.3, 0.4) is 0 Å². The number of imidazole rings is 1. The number of sulfonamides is 1. The van der Waals surface area contributed by atoms with Crippen molar-refractivity contribution in [3.05, 3.63) is 30.1 Å². The maximum atomic E-state index is 10.9. The standard InChI is InChI=1S/C11H15N3O2S/c1-14-10-6-4-3-5-9(10)13-11(14)7-8-12-17(2,15)16/h3-6,12H,7-8H2,1-2H3. The Balaban J connectivity index is 2.17. The van der Waals surface area contributed by atoms with Gasteiger partial charge >= 0.3 is 0 Å². The lowest BCUT2D eigenvalue weighted by atomic mass is 10.3. The summed E-state index contributed by atoms with van der Waals surface area (Å²) in [5.74, 6) is 0.877. The fourth-order valence-electron chi connectivity index (χ4n) is 1.77. The van der Waals surface area contributed by atoms with Gasteiger partial charge in [0.25, 0.3) is 0 Å². The van der Waals surface area contributed by atoms with Gasteiger partial charge in [-0.1, -0.05) is 12.1 Å². The lowest BCUT2D eigenvalue weighted by Gasteiger charge is -2.03. The Kier molecular flexibility index (Phi) is 3.17. The maximum Gasteiger partial charge on any atom is 0.208 e. The Morgan fingerprint density at radius 3 is 2.71 bits per heavy atom. The van der Waals surface area contributed by atoms with E-state index in [1.165, 1.54) is 0 Å². The van der Waals surface area contributed by atoms with E-state index in [1.54, 1.807) is 0 Å². The lowest BCUT2D eigenvalue weighted by Crippen LogP contribution is -2.25. The van der Waals surface area contributed by atoms with Gasteiger partial charge in [-0.2, -0.15) is 0 Å². The van der Waals surface area contributed by atoms with Gasteiger partial charge in [0, 0.05) is 20.0 Å². The van der Waals surface area contributed by atoms with Gasteiger partial charge in [0.15, 0.2) is 0 Å². The molecule has 0 radical (unpaired) electrons. The predicted molar refractivity (Wildman–Crippen MR) is 67.3 cm³/mol. The molecule has 0 amide bonds. The molecule has 92 valence electrons. The number of hydrogen-bond donors (Lipinski definition) is 1. The van der Waals surface area contributed by atoms with Crippen LogP contribution in [0.1, 0.15) is 5.82 Å². The summed E-state index contributed by atoms with van der Waals surface area (Å²) in [6, 6.07) is 7.84. The first-order valence-corrected chi connectivity index (χ1v) is 7.21. The third kappa shape index (κ3) is 2.83. The first kappa shape index (κ1) is 12.1. The highest BCUT2D eigenvalue weighted by molar-refractivity contribution is 7.88. The van der Waals surface area contributed by atoms with E-state index < -0.39 is 10.0 Å². The summed E-state index contributed by atoms with van der Waals surface area (Å²) < 4.78 is 26.3. The first-order valence-electron chi connectivity index (χ1n) is 5.32. The molecule has 1 aromatic heterocycles. The number of para-hydroxylation sites is 2. The molecule has 0 bridgehead atoms. The zero-order valence-electron chi connectivity index (χ0n) is 9.84. The number of benzene rings is 1. The third-order valence-corrected chi connectivity index (χ3v) is 3.32. The van der Waals surface area contributed by atoms with Gasteiger partial charge < -0.3 is 4.57 Å². The van der Waals surface area contributed by atoms with E-state index in [1.807, 2.05) is 35.9 Å². The van der Waals surface area contributed by atoms with Crippen molar-refractivity contribution in [3.63, 3.8) is 0 Å². The summed E-state index contributed by atoms with van der Waals surface area (Å²) in [6.07, 6.45) is 1.74. The Morgan fingerprint density at radius 2 is 2.06 bits per heavy atom. The molecule has 1 aromatic carbocycles. The highest BCUT2D eigenvalue weighted by Crippen LogP contribution is 2.14. The van der Waals surface area contributed by atoms with E-state index in [4.69, 9.17) is 0 Å². The van der Waals surface area contributed by atoms with Crippen LogP contribution in [-0.4, -0.2) is 30.8 Å². The highest BCUT2D eigenvalue weighted by Gasteiger charge is 2.07. The van der Waals surface area contributed by atoms with Crippen LogP contribution in [-0.2, 0) is 23.5 Å². The van der Waals surface area contributed by atoms with Crippen molar-refractivity contribution in [1.29, 1.82) is 0 Å². The van der Waals surface area contributed by atoms with Crippen LogP contribution < -0.4 is 4.72 Å². The van der Waals surface area contributed by atoms with Crippen LogP contribution in [0.4, 0.5) is 0 Å². The van der Waals surface area contributed by atoms with Crippen LogP contribution >= 0.6 is 0 Å². The molecule has 0 saturated carbocycles. The molecule has 0 aliphatic rings. The van der Waals surface area contributed by atoms with Crippen molar-refractivity contribution in [2.75, 3.05) is 12.8 Å². The molecule has 0 spiro atoms. The van der Waals surface area contributed by atoms with Gasteiger partial charge in [-0.15, -0.1) is 0 Å². The smallest absolute Gasteiger partial charge is 0.208 e. The van der Waals surface area contributed by atoms with E-state index in [0.717, 1.165) is 23.1 Å². The number of aryl methyl sites for hydroxylation is 1. The number of hydrogen-bond acceptors (Lipinski definition) is 3. The van der Waals surface area contributed by atoms with Crippen molar-refractivity contribution in [2.24, 2.45) is 7.05 Å². The summed E-state index contributed by atoms with van der Waals surface area (Å²) in [5.41, 5.74) is 1.99. The number of fused-ring (bicyclic) bond motifs is 1. The molecule has 0 fully saturated rings. The number of nitrogens with zero attached hydrogens (tertiary/aromatic N) is 2. The average molecular weight is 253 g/mol.